The number of carbonyl (C=O) groups is 1. The maximum atomic E-state index is 12.1. The molecule has 4 nitrogen and oxygen atoms in total. The standard InChI is InChI=1S/C19H16ClN3O/c20-15-10-11-18(22-12-15)23-19(24)13-21-17-9-5-4-8-16(17)14-6-2-1-3-7-14/h1-12,21H,13H2,(H,22,23,24). The number of amides is 1. The first-order chi connectivity index (χ1) is 11.7. The maximum absolute atomic E-state index is 12.1. The summed E-state index contributed by atoms with van der Waals surface area (Å²) in [5.41, 5.74) is 3.05. The van der Waals surface area contributed by atoms with Gasteiger partial charge in [0.2, 0.25) is 5.91 Å². The van der Waals surface area contributed by atoms with E-state index in [-0.39, 0.29) is 12.5 Å². The lowest BCUT2D eigenvalue weighted by atomic mass is 10.0. The van der Waals surface area contributed by atoms with E-state index < -0.39 is 0 Å². The number of para-hydroxylation sites is 1. The summed E-state index contributed by atoms with van der Waals surface area (Å²) in [6, 6.07) is 21.3. The molecule has 2 N–H and O–H groups in total. The molecule has 0 bridgehead atoms. The molecular weight excluding hydrogens is 322 g/mol. The lowest BCUT2D eigenvalue weighted by molar-refractivity contribution is -0.114. The van der Waals surface area contributed by atoms with E-state index in [1.807, 2.05) is 54.6 Å². The maximum Gasteiger partial charge on any atom is 0.244 e. The second-order valence-corrected chi connectivity index (χ2v) is 5.61. The molecule has 0 saturated heterocycles. The third-order valence-electron chi connectivity index (χ3n) is 3.45. The zero-order valence-corrected chi connectivity index (χ0v) is 13.6. The number of benzene rings is 2. The number of rotatable bonds is 5. The molecule has 3 rings (SSSR count). The van der Waals surface area contributed by atoms with Gasteiger partial charge in [0.15, 0.2) is 0 Å². The average Bonchev–Trinajstić information content (AvgIpc) is 2.63. The summed E-state index contributed by atoms with van der Waals surface area (Å²) in [6.07, 6.45) is 1.50. The van der Waals surface area contributed by atoms with Crippen molar-refractivity contribution in [1.29, 1.82) is 0 Å². The van der Waals surface area contributed by atoms with Gasteiger partial charge < -0.3 is 10.6 Å². The predicted molar refractivity (Wildman–Crippen MR) is 98.2 cm³/mol. The third kappa shape index (κ3) is 4.12. The van der Waals surface area contributed by atoms with Crippen LogP contribution in [0.1, 0.15) is 0 Å². The first kappa shape index (κ1) is 16.0. The van der Waals surface area contributed by atoms with Crippen LogP contribution >= 0.6 is 11.6 Å². The zero-order valence-electron chi connectivity index (χ0n) is 12.9. The molecule has 0 saturated carbocycles. The second-order valence-electron chi connectivity index (χ2n) is 5.17. The highest BCUT2D eigenvalue weighted by Crippen LogP contribution is 2.27. The quantitative estimate of drug-likeness (QED) is 0.723. The van der Waals surface area contributed by atoms with Gasteiger partial charge in [0, 0.05) is 17.4 Å². The van der Waals surface area contributed by atoms with E-state index in [0.29, 0.717) is 10.8 Å². The Morgan fingerprint density at radius 2 is 1.71 bits per heavy atom. The molecule has 0 aliphatic carbocycles. The summed E-state index contributed by atoms with van der Waals surface area (Å²) in [5.74, 6) is 0.301. The van der Waals surface area contributed by atoms with Crippen molar-refractivity contribution in [2.24, 2.45) is 0 Å². The number of nitrogens with zero attached hydrogens (tertiary/aromatic N) is 1. The normalized spacial score (nSPS) is 10.2. The smallest absolute Gasteiger partial charge is 0.244 e. The summed E-state index contributed by atoms with van der Waals surface area (Å²) in [6.45, 7) is 0.147. The fraction of sp³-hybridized carbons (Fsp3) is 0.0526. The number of halogens is 1. The van der Waals surface area contributed by atoms with Gasteiger partial charge in [0.1, 0.15) is 5.82 Å². The summed E-state index contributed by atoms with van der Waals surface area (Å²) in [4.78, 5) is 16.1. The molecule has 0 atom stereocenters. The molecule has 0 radical (unpaired) electrons. The van der Waals surface area contributed by atoms with Crippen LogP contribution in [0.2, 0.25) is 5.02 Å². The number of hydrogen-bond acceptors (Lipinski definition) is 3. The number of aromatic nitrogens is 1. The van der Waals surface area contributed by atoms with Gasteiger partial charge in [-0.05, 0) is 23.8 Å². The molecule has 5 heteroatoms. The van der Waals surface area contributed by atoms with Crippen LogP contribution in [0.25, 0.3) is 11.1 Å². The van der Waals surface area contributed by atoms with Crippen LogP contribution in [0, 0.1) is 0 Å². The van der Waals surface area contributed by atoms with E-state index in [4.69, 9.17) is 11.6 Å². The zero-order chi connectivity index (χ0) is 16.8. The lowest BCUT2D eigenvalue weighted by Gasteiger charge is -2.12. The molecule has 2 aromatic carbocycles. The van der Waals surface area contributed by atoms with Gasteiger partial charge >= 0.3 is 0 Å². The minimum Gasteiger partial charge on any atom is -0.376 e. The minimum absolute atomic E-state index is 0.147. The van der Waals surface area contributed by atoms with Crippen LogP contribution in [-0.2, 0) is 4.79 Å². The van der Waals surface area contributed by atoms with Gasteiger partial charge in [-0.1, -0.05) is 60.1 Å². The van der Waals surface area contributed by atoms with E-state index in [9.17, 15) is 4.79 Å². The molecule has 120 valence electrons. The largest absolute Gasteiger partial charge is 0.376 e. The molecule has 0 spiro atoms. The van der Waals surface area contributed by atoms with Crippen molar-refractivity contribution in [2.45, 2.75) is 0 Å². The predicted octanol–water partition coefficient (Wildman–Crippen LogP) is 4.45. The first-order valence-corrected chi connectivity index (χ1v) is 7.90. The highest BCUT2D eigenvalue weighted by atomic mass is 35.5. The van der Waals surface area contributed by atoms with Gasteiger partial charge in [0.25, 0.3) is 0 Å². The molecular formula is C19H16ClN3O. The Kier molecular flexibility index (Phi) is 5.08. The van der Waals surface area contributed by atoms with Gasteiger partial charge in [-0.3, -0.25) is 4.79 Å². The van der Waals surface area contributed by atoms with Gasteiger partial charge in [-0.25, -0.2) is 4.98 Å². The lowest BCUT2D eigenvalue weighted by Crippen LogP contribution is -2.22. The van der Waals surface area contributed by atoms with Crippen LogP contribution < -0.4 is 10.6 Å². The topological polar surface area (TPSA) is 54.0 Å². The summed E-state index contributed by atoms with van der Waals surface area (Å²) >= 11 is 5.78. The Balaban J connectivity index is 1.66. The number of anilines is 2. The van der Waals surface area contributed by atoms with Crippen LogP contribution in [-0.4, -0.2) is 17.4 Å². The highest BCUT2D eigenvalue weighted by molar-refractivity contribution is 6.30. The van der Waals surface area contributed by atoms with E-state index in [2.05, 4.69) is 15.6 Å². The van der Waals surface area contributed by atoms with Gasteiger partial charge in [-0.2, -0.15) is 0 Å². The van der Waals surface area contributed by atoms with Crippen molar-refractivity contribution >= 4 is 29.0 Å². The van der Waals surface area contributed by atoms with Crippen molar-refractivity contribution in [3.05, 3.63) is 77.9 Å². The Bertz CT molecular complexity index is 820. The minimum atomic E-state index is -0.173. The Morgan fingerprint density at radius 3 is 2.46 bits per heavy atom. The van der Waals surface area contributed by atoms with Crippen molar-refractivity contribution in [1.82, 2.24) is 4.98 Å². The summed E-state index contributed by atoms with van der Waals surface area (Å²) in [7, 11) is 0. The van der Waals surface area contributed by atoms with Crippen LogP contribution in [0.15, 0.2) is 72.9 Å². The Hall–Kier alpha value is -2.85. The Labute approximate surface area is 145 Å². The van der Waals surface area contributed by atoms with Crippen molar-refractivity contribution in [3.63, 3.8) is 0 Å². The molecule has 1 aromatic heterocycles. The highest BCUT2D eigenvalue weighted by Gasteiger charge is 2.07. The SMILES string of the molecule is O=C(CNc1ccccc1-c1ccccc1)Nc1ccc(Cl)cn1. The molecule has 1 heterocycles. The molecule has 0 aliphatic heterocycles. The monoisotopic (exact) mass is 337 g/mol. The number of carbonyl (C=O) groups excluding carboxylic acids is 1. The van der Waals surface area contributed by atoms with Crippen LogP contribution in [0.4, 0.5) is 11.5 Å². The fourth-order valence-electron chi connectivity index (χ4n) is 2.32. The third-order valence-corrected chi connectivity index (χ3v) is 3.67. The van der Waals surface area contributed by atoms with Gasteiger partial charge in [0.05, 0.1) is 11.6 Å². The fourth-order valence-corrected chi connectivity index (χ4v) is 2.43. The van der Waals surface area contributed by atoms with E-state index in [1.54, 1.807) is 12.1 Å². The van der Waals surface area contributed by atoms with Crippen molar-refractivity contribution in [2.75, 3.05) is 17.2 Å². The molecule has 0 aliphatic rings. The second kappa shape index (κ2) is 7.62. The van der Waals surface area contributed by atoms with Crippen LogP contribution in [0.3, 0.4) is 0 Å². The molecule has 0 unspecified atom stereocenters. The van der Waals surface area contributed by atoms with E-state index in [1.165, 1.54) is 6.20 Å². The molecule has 24 heavy (non-hydrogen) atoms. The van der Waals surface area contributed by atoms with Gasteiger partial charge in [-0.15, -0.1) is 0 Å². The average molecular weight is 338 g/mol. The number of pyridine rings is 1. The first-order valence-electron chi connectivity index (χ1n) is 7.52. The van der Waals surface area contributed by atoms with Crippen molar-refractivity contribution < 1.29 is 4.79 Å². The molecule has 0 fully saturated rings. The van der Waals surface area contributed by atoms with E-state index in [0.717, 1.165) is 16.8 Å². The van der Waals surface area contributed by atoms with Crippen molar-refractivity contribution in [3.8, 4) is 11.1 Å². The van der Waals surface area contributed by atoms with Crippen LogP contribution in [0.5, 0.6) is 0 Å². The Morgan fingerprint density at radius 1 is 0.958 bits per heavy atom. The summed E-state index contributed by atoms with van der Waals surface area (Å²) in [5, 5.41) is 6.44. The van der Waals surface area contributed by atoms with E-state index >= 15 is 0 Å². The number of nitrogens with one attached hydrogen (secondary N) is 2. The number of hydrogen-bond donors (Lipinski definition) is 2. The summed E-state index contributed by atoms with van der Waals surface area (Å²) < 4.78 is 0. The molecule has 1 amide bonds. The molecule has 3 aromatic rings.